The van der Waals surface area contributed by atoms with Crippen molar-refractivity contribution in [3.05, 3.63) is 70.5 Å². The molecule has 1 N–H and O–H groups in total. The Labute approximate surface area is 198 Å². The van der Waals surface area contributed by atoms with Gasteiger partial charge in [0, 0.05) is 10.7 Å². The fourth-order valence-corrected chi connectivity index (χ4v) is 4.76. The van der Waals surface area contributed by atoms with Crippen LogP contribution in [0.25, 0.3) is 0 Å². The lowest BCUT2D eigenvalue weighted by Crippen LogP contribution is -2.30. The largest absolute Gasteiger partial charge is 0.325 e. The quantitative estimate of drug-likeness (QED) is 0.470. The zero-order valence-corrected chi connectivity index (χ0v) is 19.8. The second kappa shape index (κ2) is 11.0. The summed E-state index contributed by atoms with van der Waals surface area (Å²) in [4.78, 5) is 15.0. The van der Waals surface area contributed by atoms with E-state index < -0.39 is 0 Å². The van der Waals surface area contributed by atoms with E-state index >= 15 is 0 Å². The summed E-state index contributed by atoms with van der Waals surface area (Å²) in [6.45, 7) is 5.62. The summed E-state index contributed by atoms with van der Waals surface area (Å²) < 4.78 is 2.15. The van der Waals surface area contributed by atoms with Gasteiger partial charge in [-0.25, -0.2) is 0 Å². The van der Waals surface area contributed by atoms with E-state index in [1.54, 1.807) is 6.07 Å². The van der Waals surface area contributed by atoms with Crippen LogP contribution in [0.1, 0.15) is 36.2 Å². The Kier molecular flexibility index (Phi) is 7.84. The second-order valence-electron chi connectivity index (χ2n) is 8.10. The summed E-state index contributed by atoms with van der Waals surface area (Å²) in [6.07, 6.45) is 3.77. The van der Waals surface area contributed by atoms with Crippen LogP contribution in [-0.2, 0) is 17.9 Å². The highest BCUT2D eigenvalue weighted by Crippen LogP contribution is 2.23. The number of aromatic nitrogens is 3. The molecular weight excluding hydrogens is 442 g/mol. The number of amides is 1. The van der Waals surface area contributed by atoms with E-state index in [1.807, 2.05) is 37.3 Å². The van der Waals surface area contributed by atoms with Gasteiger partial charge in [-0.1, -0.05) is 66.2 Å². The van der Waals surface area contributed by atoms with Crippen molar-refractivity contribution >= 4 is 35.0 Å². The molecule has 6 nitrogen and oxygen atoms in total. The van der Waals surface area contributed by atoms with Gasteiger partial charge < -0.3 is 9.88 Å². The molecule has 168 valence electrons. The van der Waals surface area contributed by atoms with Crippen molar-refractivity contribution in [3.8, 4) is 0 Å². The maximum Gasteiger partial charge on any atom is 0.234 e. The number of piperidine rings is 1. The van der Waals surface area contributed by atoms with Gasteiger partial charge in [0.15, 0.2) is 5.16 Å². The predicted octanol–water partition coefficient (Wildman–Crippen LogP) is 5.00. The van der Waals surface area contributed by atoms with Gasteiger partial charge in [-0.3, -0.25) is 9.69 Å². The number of nitrogens with one attached hydrogen (secondary N) is 1. The van der Waals surface area contributed by atoms with E-state index in [1.165, 1.54) is 36.6 Å². The van der Waals surface area contributed by atoms with Crippen LogP contribution in [0.3, 0.4) is 0 Å². The van der Waals surface area contributed by atoms with Crippen molar-refractivity contribution in [1.29, 1.82) is 0 Å². The van der Waals surface area contributed by atoms with Crippen LogP contribution in [-0.4, -0.2) is 44.4 Å². The van der Waals surface area contributed by atoms with Crippen LogP contribution >= 0.6 is 23.4 Å². The molecule has 0 atom stereocenters. The summed E-state index contributed by atoms with van der Waals surface area (Å²) in [5, 5.41) is 13.2. The highest BCUT2D eigenvalue weighted by molar-refractivity contribution is 7.99. The molecule has 4 rings (SSSR count). The summed E-state index contributed by atoms with van der Waals surface area (Å²) in [5.41, 5.74) is 2.90. The maximum absolute atomic E-state index is 12.6. The van der Waals surface area contributed by atoms with E-state index in [-0.39, 0.29) is 11.7 Å². The van der Waals surface area contributed by atoms with Crippen LogP contribution in [0.15, 0.2) is 53.7 Å². The Morgan fingerprint density at radius 3 is 2.62 bits per heavy atom. The number of anilines is 1. The molecule has 2 aromatic carbocycles. The lowest BCUT2D eigenvalue weighted by atomic mass is 10.1. The number of carbonyl (C=O) groups is 1. The fourth-order valence-electron chi connectivity index (χ4n) is 3.83. The number of halogens is 1. The lowest BCUT2D eigenvalue weighted by Gasteiger charge is -2.26. The average Bonchev–Trinajstić information content (AvgIpc) is 3.17. The number of rotatable bonds is 8. The van der Waals surface area contributed by atoms with Crippen molar-refractivity contribution in [2.24, 2.45) is 0 Å². The fraction of sp³-hybridized carbons (Fsp3) is 0.375. The number of hydrogen-bond donors (Lipinski definition) is 1. The number of likely N-dealkylation sites (tertiary alicyclic amines) is 1. The Morgan fingerprint density at radius 2 is 1.84 bits per heavy atom. The van der Waals surface area contributed by atoms with Crippen LogP contribution in [0, 0.1) is 6.92 Å². The van der Waals surface area contributed by atoms with E-state index in [9.17, 15) is 4.79 Å². The summed E-state index contributed by atoms with van der Waals surface area (Å²) in [5.74, 6) is 1.11. The van der Waals surface area contributed by atoms with E-state index in [4.69, 9.17) is 11.6 Å². The second-order valence-corrected chi connectivity index (χ2v) is 9.48. The minimum absolute atomic E-state index is 0.0905. The van der Waals surface area contributed by atoms with E-state index in [2.05, 4.69) is 37.1 Å². The molecule has 1 aliphatic heterocycles. The summed E-state index contributed by atoms with van der Waals surface area (Å²) in [7, 11) is 0. The first-order chi connectivity index (χ1) is 15.6. The first-order valence-corrected chi connectivity index (χ1v) is 12.3. The normalized spacial score (nSPS) is 14.4. The number of thioether (sulfide) groups is 1. The van der Waals surface area contributed by atoms with Crippen LogP contribution < -0.4 is 5.32 Å². The molecule has 1 aliphatic rings. The van der Waals surface area contributed by atoms with E-state index in [0.29, 0.717) is 11.6 Å². The molecule has 0 bridgehead atoms. The molecule has 1 saturated heterocycles. The van der Waals surface area contributed by atoms with E-state index in [0.717, 1.165) is 41.9 Å². The number of carbonyl (C=O) groups excluding carboxylic acids is 1. The van der Waals surface area contributed by atoms with Gasteiger partial charge in [-0.2, -0.15) is 0 Å². The Hall–Kier alpha value is -2.35. The van der Waals surface area contributed by atoms with Gasteiger partial charge in [0.05, 0.1) is 18.8 Å². The molecule has 1 aromatic heterocycles. The molecule has 0 saturated carbocycles. The van der Waals surface area contributed by atoms with Crippen molar-refractivity contribution in [1.82, 2.24) is 19.7 Å². The van der Waals surface area contributed by atoms with Gasteiger partial charge >= 0.3 is 0 Å². The number of hydrogen-bond acceptors (Lipinski definition) is 5. The minimum Gasteiger partial charge on any atom is -0.325 e. The molecule has 1 amide bonds. The molecule has 2 heterocycles. The molecule has 0 radical (unpaired) electrons. The SMILES string of the molecule is Cc1ccc(Cl)cc1NC(=O)CSc1nnc(CN2CCCCC2)n1Cc1ccccc1. The summed E-state index contributed by atoms with van der Waals surface area (Å²) in [6, 6.07) is 15.8. The zero-order valence-electron chi connectivity index (χ0n) is 18.3. The third-order valence-corrected chi connectivity index (χ3v) is 6.80. The highest BCUT2D eigenvalue weighted by Gasteiger charge is 2.19. The maximum atomic E-state index is 12.6. The Balaban J connectivity index is 1.46. The highest BCUT2D eigenvalue weighted by atomic mass is 35.5. The molecule has 3 aromatic rings. The van der Waals surface area contributed by atoms with Gasteiger partial charge in [0.2, 0.25) is 5.91 Å². The van der Waals surface area contributed by atoms with Gasteiger partial charge in [0.25, 0.3) is 0 Å². The van der Waals surface area contributed by atoms with Crippen molar-refractivity contribution < 1.29 is 4.79 Å². The molecule has 0 spiro atoms. The van der Waals surface area contributed by atoms with Gasteiger partial charge in [0.1, 0.15) is 5.82 Å². The molecule has 0 aliphatic carbocycles. The van der Waals surface area contributed by atoms with Crippen molar-refractivity contribution in [3.63, 3.8) is 0 Å². The first-order valence-electron chi connectivity index (χ1n) is 11.0. The zero-order chi connectivity index (χ0) is 22.3. The molecule has 0 unspecified atom stereocenters. The molecule has 32 heavy (non-hydrogen) atoms. The summed E-state index contributed by atoms with van der Waals surface area (Å²) >= 11 is 7.48. The van der Waals surface area contributed by atoms with Crippen molar-refractivity contribution in [2.45, 2.75) is 44.4 Å². The molecule has 8 heteroatoms. The van der Waals surface area contributed by atoms with Crippen molar-refractivity contribution in [2.75, 3.05) is 24.2 Å². The topological polar surface area (TPSA) is 63.1 Å². The van der Waals surface area contributed by atoms with Crippen LogP contribution in [0.4, 0.5) is 5.69 Å². The molecular formula is C24H28ClN5OS. The third kappa shape index (κ3) is 6.12. The lowest BCUT2D eigenvalue weighted by molar-refractivity contribution is -0.113. The number of nitrogens with zero attached hydrogens (tertiary/aromatic N) is 4. The van der Waals surface area contributed by atoms with Crippen LogP contribution in [0.2, 0.25) is 5.02 Å². The van der Waals surface area contributed by atoms with Crippen LogP contribution in [0.5, 0.6) is 0 Å². The molecule has 1 fully saturated rings. The number of benzene rings is 2. The van der Waals surface area contributed by atoms with Gasteiger partial charge in [-0.05, 0) is 56.1 Å². The number of aryl methyl sites for hydroxylation is 1. The monoisotopic (exact) mass is 469 g/mol. The standard InChI is InChI=1S/C24H28ClN5OS/c1-18-10-11-20(25)14-21(18)26-23(31)17-32-24-28-27-22(16-29-12-6-3-7-13-29)30(24)15-19-8-4-2-5-9-19/h2,4-5,8-11,14H,3,6-7,12-13,15-17H2,1H3,(H,26,31). The first kappa shape index (κ1) is 22.8. The Bertz CT molecular complexity index is 1050. The Morgan fingerprint density at radius 1 is 1.06 bits per heavy atom. The third-order valence-electron chi connectivity index (χ3n) is 5.60. The smallest absolute Gasteiger partial charge is 0.234 e. The predicted molar refractivity (Wildman–Crippen MR) is 130 cm³/mol. The van der Waals surface area contributed by atoms with Gasteiger partial charge in [-0.15, -0.1) is 10.2 Å². The average molecular weight is 470 g/mol. The minimum atomic E-state index is -0.0905.